The first-order chi connectivity index (χ1) is 9.58. The smallest absolute Gasteiger partial charge is 0.550 e. The van der Waals surface area contributed by atoms with Gasteiger partial charge in [0.15, 0.2) is 0 Å². The largest absolute Gasteiger partial charge is 2.00 e. The third-order valence-corrected chi connectivity index (χ3v) is 2.10. The third kappa shape index (κ3) is 9.44. The molecule has 2 aromatic rings. The summed E-state index contributed by atoms with van der Waals surface area (Å²) in [6, 6.07) is 10.2. The molecular formula is C14H12N2O4Pd. The van der Waals surface area contributed by atoms with Crippen LogP contribution >= 0.6 is 0 Å². The Hall–Kier alpha value is -2.10. The number of aromatic nitrogens is 2. The molecule has 0 atom stereocenters. The van der Waals surface area contributed by atoms with E-state index < -0.39 is 11.9 Å². The van der Waals surface area contributed by atoms with Crippen molar-refractivity contribution < 1.29 is 40.2 Å². The zero-order valence-corrected chi connectivity index (χ0v) is 12.4. The number of aliphatic carboxylic acids is 2. The maximum atomic E-state index is 10.0. The molecule has 0 saturated carbocycles. The van der Waals surface area contributed by atoms with Gasteiger partial charge in [-0.2, -0.15) is 0 Å². The van der Waals surface area contributed by atoms with E-state index in [-0.39, 0.29) is 33.3 Å². The van der Waals surface area contributed by atoms with Crippen LogP contribution in [-0.4, -0.2) is 21.9 Å². The molecule has 0 radical (unpaired) electrons. The van der Waals surface area contributed by atoms with Gasteiger partial charge in [-0.15, -0.1) is 0 Å². The Balaban J connectivity index is 0.000000364. The normalized spacial score (nSPS) is 8.76. The molecule has 0 aliphatic rings. The molecule has 2 aromatic heterocycles. The van der Waals surface area contributed by atoms with Crippen LogP contribution in [0.15, 0.2) is 48.8 Å². The van der Waals surface area contributed by atoms with Crippen molar-refractivity contribution in [3.63, 3.8) is 0 Å². The number of nitrogens with zero attached hydrogens (tertiary/aromatic N) is 2. The molecule has 0 aromatic carbocycles. The van der Waals surface area contributed by atoms with Crippen molar-refractivity contribution in [3.05, 3.63) is 60.2 Å². The molecule has 0 saturated heterocycles. The number of carboxylic acid groups (broad SMARTS) is 2. The Morgan fingerprint density at radius 1 is 0.810 bits per heavy atom. The SMILES string of the molecule is O=C([O-])Cc1ccccn1.O=C([O-])Cc1ccccn1.[Pd+2]. The van der Waals surface area contributed by atoms with Crippen molar-refractivity contribution in [2.24, 2.45) is 0 Å². The van der Waals surface area contributed by atoms with Crippen molar-refractivity contribution in [3.8, 4) is 0 Å². The summed E-state index contributed by atoms with van der Waals surface area (Å²) in [4.78, 5) is 27.6. The molecule has 0 amide bonds. The molecule has 7 heteroatoms. The van der Waals surface area contributed by atoms with E-state index in [4.69, 9.17) is 0 Å². The molecule has 21 heavy (non-hydrogen) atoms. The van der Waals surface area contributed by atoms with Crippen molar-refractivity contribution in [1.29, 1.82) is 0 Å². The average Bonchev–Trinajstić information content (AvgIpc) is 2.40. The fourth-order valence-corrected chi connectivity index (χ4v) is 1.30. The van der Waals surface area contributed by atoms with Gasteiger partial charge in [0.05, 0.1) is 0 Å². The van der Waals surface area contributed by atoms with Crippen LogP contribution in [-0.2, 0) is 42.9 Å². The van der Waals surface area contributed by atoms with Crippen LogP contribution in [0.25, 0.3) is 0 Å². The minimum atomic E-state index is -1.10. The predicted molar refractivity (Wildman–Crippen MR) is 65.9 cm³/mol. The Labute approximate surface area is 135 Å². The van der Waals surface area contributed by atoms with Gasteiger partial charge in [-0.05, 0) is 24.3 Å². The second-order valence-electron chi connectivity index (χ2n) is 3.74. The zero-order valence-electron chi connectivity index (χ0n) is 10.9. The topological polar surface area (TPSA) is 106 Å². The molecular weight excluding hydrogens is 367 g/mol. The van der Waals surface area contributed by atoms with Gasteiger partial charge in [-0.25, -0.2) is 0 Å². The molecule has 0 fully saturated rings. The number of rotatable bonds is 4. The van der Waals surface area contributed by atoms with Crippen LogP contribution in [0.5, 0.6) is 0 Å². The zero-order chi connectivity index (χ0) is 14.8. The Kier molecular flexibility index (Phi) is 9.60. The van der Waals surface area contributed by atoms with Crippen molar-refractivity contribution in [2.75, 3.05) is 0 Å². The summed E-state index contributed by atoms with van der Waals surface area (Å²) in [5.74, 6) is -2.20. The first kappa shape index (κ1) is 18.9. The molecule has 6 nitrogen and oxygen atoms in total. The van der Waals surface area contributed by atoms with E-state index >= 15 is 0 Å². The summed E-state index contributed by atoms with van der Waals surface area (Å²) in [6.07, 6.45) is 2.89. The van der Waals surface area contributed by atoms with Gasteiger partial charge in [0.1, 0.15) is 0 Å². The summed E-state index contributed by atoms with van der Waals surface area (Å²) >= 11 is 0. The van der Waals surface area contributed by atoms with Gasteiger partial charge in [0.2, 0.25) is 0 Å². The van der Waals surface area contributed by atoms with Crippen molar-refractivity contribution >= 4 is 11.9 Å². The quantitative estimate of drug-likeness (QED) is 0.615. The van der Waals surface area contributed by atoms with E-state index in [1.54, 1.807) is 48.8 Å². The Morgan fingerprint density at radius 2 is 1.19 bits per heavy atom. The summed E-state index contributed by atoms with van der Waals surface area (Å²) in [7, 11) is 0. The summed E-state index contributed by atoms with van der Waals surface area (Å²) in [5, 5.41) is 20.0. The van der Waals surface area contributed by atoms with Crippen LogP contribution in [0.2, 0.25) is 0 Å². The fraction of sp³-hybridized carbons (Fsp3) is 0.143. The molecule has 0 aliphatic carbocycles. The summed E-state index contributed by atoms with van der Waals surface area (Å²) in [6.45, 7) is 0. The van der Waals surface area contributed by atoms with Gasteiger partial charge < -0.3 is 19.8 Å². The number of carbonyl (C=O) groups excluding carboxylic acids is 2. The monoisotopic (exact) mass is 378 g/mol. The van der Waals surface area contributed by atoms with Crippen molar-refractivity contribution in [2.45, 2.75) is 12.8 Å². The fourth-order valence-electron chi connectivity index (χ4n) is 1.30. The maximum Gasteiger partial charge on any atom is 2.00 e. The summed E-state index contributed by atoms with van der Waals surface area (Å²) in [5.41, 5.74) is 1.06. The predicted octanol–water partition coefficient (Wildman–Crippen LogP) is -1.25. The van der Waals surface area contributed by atoms with E-state index in [0.29, 0.717) is 11.4 Å². The number of hydrogen-bond acceptors (Lipinski definition) is 6. The summed E-state index contributed by atoms with van der Waals surface area (Å²) < 4.78 is 0. The number of pyridine rings is 2. The van der Waals surface area contributed by atoms with Gasteiger partial charge in [0.25, 0.3) is 0 Å². The van der Waals surface area contributed by atoms with Crippen molar-refractivity contribution in [1.82, 2.24) is 9.97 Å². The third-order valence-electron chi connectivity index (χ3n) is 2.10. The molecule has 112 valence electrons. The first-order valence-electron chi connectivity index (χ1n) is 5.77. The molecule has 0 unspecified atom stereocenters. The number of carbonyl (C=O) groups is 2. The molecule has 2 rings (SSSR count). The molecule has 2 heterocycles. The van der Waals surface area contributed by atoms with Gasteiger partial charge in [0, 0.05) is 48.6 Å². The number of carboxylic acids is 2. The van der Waals surface area contributed by atoms with Crippen LogP contribution in [0.4, 0.5) is 0 Å². The Bertz CT molecular complexity index is 498. The second-order valence-corrected chi connectivity index (χ2v) is 3.74. The molecule has 0 spiro atoms. The van der Waals surface area contributed by atoms with Crippen LogP contribution < -0.4 is 10.2 Å². The van der Waals surface area contributed by atoms with Gasteiger partial charge in [-0.3, -0.25) is 9.97 Å². The van der Waals surface area contributed by atoms with E-state index in [2.05, 4.69) is 9.97 Å². The van der Waals surface area contributed by atoms with Crippen LogP contribution in [0.1, 0.15) is 11.4 Å². The maximum absolute atomic E-state index is 10.0. The van der Waals surface area contributed by atoms with Gasteiger partial charge in [-0.1, -0.05) is 12.1 Å². The van der Waals surface area contributed by atoms with E-state index in [1.165, 1.54) is 0 Å². The standard InChI is InChI=1S/2C7H7NO2.Pd/c2*9-7(10)5-6-3-1-2-4-8-6;/h2*1-4H,5H2,(H,9,10);/q;;+2/p-2. The first-order valence-corrected chi connectivity index (χ1v) is 5.77. The average molecular weight is 379 g/mol. The number of hydrogen-bond donors (Lipinski definition) is 0. The van der Waals surface area contributed by atoms with E-state index in [0.717, 1.165) is 0 Å². The van der Waals surface area contributed by atoms with E-state index in [9.17, 15) is 19.8 Å². The molecule has 0 N–H and O–H groups in total. The van der Waals surface area contributed by atoms with Crippen LogP contribution in [0, 0.1) is 0 Å². The van der Waals surface area contributed by atoms with Crippen LogP contribution in [0.3, 0.4) is 0 Å². The minimum absolute atomic E-state index is 0. The minimum Gasteiger partial charge on any atom is -0.550 e. The molecule has 0 aliphatic heterocycles. The molecule has 0 bridgehead atoms. The van der Waals surface area contributed by atoms with Gasteiger partial charge >= 0.3 is 20.4 Å². The Morgan fingerprint density at radius 3 is 1.43 bits per heavy atom. The van der Waals surface area contributed by atoms with E-state index in [1.807, 2.05) is 0 Å². The second kappa shape index (κ2) is 10.7.